The Kier molecular flexibility index (Phi) is 6.31. The minimum atomic E-state index is -3.70. The molecule has 2 fully saturated rings. The number of rotatable bonds is 5. The summed E-state index contributed by atoms with van der Waals surface area (Å²) in [6.45, 7) is 6.12. The number of benzene rings is 2. The maximum Gasteiger partial charge on any atom is 0.243 e. The Balaban J connectivity index is 1.44. The summed E-state index contributed by atoms with van der Waals surface area (Å²) in [6.07, 6.45) is 1.52. The highest BCUT2D eigenvalue weighted by molar-refractivity contribution is 7.89. The van der Waals surface area contributed by atoms with E-state index < -0.39 is 16.1 Å². The van der Waals surface area contributed by atoms with Gasteiger partial charge in [0, 0.05) is 31.0 Å². The average molecular weight is 444 g/mol. The molecule has 0 spiro atoms. The number of nitrogens with one attached hydrogen (secondary N) is 1. The molecular weight excluding hydrogens is 414 g/mol. The van der Waals surface area contributed by atoms with Crippen LogP contribution in [-0.4, -0.2) is 56.5 Å². The van der Waals surface area contributed by atoms with Crippen LogP contribution in [0.15, 0.2) is 59.5 Å². The van der Waals surface area contributed by atoms with Gasteiger partial charge >= 0.3 is 0 Å². The topological polar surface area (TPSA) is 79.0 Å². The van der Waals surface area contributed by atoms with E-state index >= 15 is 0 Å². The molecule has 8 heteroatoms. The molecule has 3 unspecified atom stereocenters. The van der Waals surface area contributed by atoms with Crippen molar-refractivity contribution in [2.24, 2.45) is 0 Å². The fourth-order valence-corrected chi connectivity index (χ4v) is 6.07. The number of sulfonamides is 1. The van der Waals surface area contributed by atoms with Crippen molar-refractivity contribution in [3.8, 4) is 0 Å². The molecule has 0 saturated carbocycles. The number of morpholine rings is 1. The Morgan fingerprint density at radius 3 is 2.29 bits per heavy atom. The number of carbonyl (C=O) groups is 1. The molecule has 2 heterocycles. The van der Waals surface area contributed by atoms with Gasteiger partial charge in [-0.05, 0) is 63.1 Å². The highest BCUT2D eigenvalue weighted by atomic mass is 32.2. The summed E-state index contributed by atoms with van der Waals surface area (Å²) >= 11 is 0. The van der Waals surface area contributed by atoms with Crippen molar-refractivity contribution in [2.45, 2.75) is 49.8 Å². The van der Waals surface area contributed by atoms with E-state index in [0.29, 0.717) is 25.1 Å². The first-order chi connectivity index (χ1) is 14.8. The van der Waals surface area contributed by atoms with Crippen LogP contribution >= 0.6 is 0 Å². The number of nitrogens with zero attached hydrogens (tertiary/aromatic N) is 2. The molecule has 166 valence electrons. The summed E-state index contributed by atoms with van der Waals surface area (Å²) in [6, 6.07) is 15.3. The van der Waals surface area contributed by atoms with Crippen LogP contribution in [0.4, 0.5) is 11.4 Å². The first kappa shape index (κ1) is 21.8. The molecule has 31 heavy (non-hydrogen) atoms. The summed E-state index contributed by atoms with van der Waals surface area (Å²) in [4.78, 5) is 15.4. The van der Waals surface area contributed by atoms with E-state index in [1.54, 1.807) is 30.3 Å². The molecule has 0 radical (unpaired) electrons. The van der Waals surface area contributed by atoms with E-state index in [4.69, 9.17) is 4.74 Å². The second-order valence-corrected chi connectivity index (χ2v) is 10.2. The Morgan fingerprint density at radius 1 is 1.00 bits per heavy atom. The van der Waals surface area contributed by atoms with Gasteiger partial charge in [-0.2, -0.15) is 4.31 Å². The highest BCUT2D eigenvalue weighted by Crippen LogP contribution is 2.28. The van der Waals surface area contributed by atoms with Gasteiger partial charge in [-0.1, -0.05) is 18.2 Å². The Labute approximate surface area is 184 Å². The van der Waals surface area contributed by atoms with E-state index in [1.165, 1.54) is 4.31 Å². The van der Waals surface area contributed by atoms with Crippen molar-refractivity contribution in [3.63, 3.8) is 0 Å². The van der Waals surface area contributed by atoms with Crippen LogP contribution in [0.5, 0.6) is 0 Å². The minimum absolute atomic E-state index is 0.169. The SMILES string of the molecule is CC1CN(c2ccc(NC(=O)C3CCCN3S(=O)(=O)c3ccccc3)cc2)CC(C)O1. The molecule has 2 aromatic rings. The third-order valence-corrected chi connectivity index (χ3v) is 7.70. The smallest absolute Gasteiger partial charge is 0.243 e. The van der Waals surface area contributed by atoms with Gasteiger partial charge in [0.2, 0.25) is 15.9 Å². The first-order valence-electron chi connectivity index (χ1n) is 10.7. The molecule has 2 aliphatic heterocycles. The average Bonchev–Trinajstić information content (AvgIpc) is 3.25. The quantitative estimate of drug-likeness (QED) is 0.768. The fraction of sp³-hybridized carbons (Fsp3) is 0.435. The van der Waals surface area contributed by atoms with Gasteiger partial charge in [-0.15, -0.1) is 0 Å². The minimum Gasteiger partial charge on any atom is -0.372 e. The summed E-state index contributed by atoms with van der Waals surface area (Å²) < 4.78 is 33.1. The van der Waals surface area contributed by atoms with Gasteiger partial charge in [0.05, 0.1) is 17.1 Å². The van der Waals surface area contributed by atoms with E-state index in [-0.39, 0.29) is 23.0 Å². The lowest BCUT2D eigenvalue weighted by Gasteiger charge is -2.36. The second kappa shape index (κ2) is 8.98. The molecule has 2 saturated heterocycles. The fourth-order valence-electron chi connectivity index (χ4n) is 4.39. The lowest BCUT2D eigenvalue weighted by molar-refractivity contribution is -0.119. The van der Waals surface area contributed by atoms with Gasteiger partial charge in [0.25, 0.3) is 0 Å². The van der Waals surface area contributed by atoms with Gasteiger partial charge in [-0.3, -0.25) is 4.79 Å². The van der Waals surface area contributed by atoms with Crippen LogP contribution in [0.1, 0.15) is 26.7 Å². The molecule has 0 aliphatic carbocycles. The molecule has 2 aromatic carbocycles. The molecule has 0 aromatic heterocycles. The maximum atomic E-state index is 13.0. The lowest BCUT2D eigenvalue weighted by atomic mass is 10.1. The Bertz CT molecular complexity index is 1000. The van der Waals surface area contributed by atoms with E-state index in [1.807, 2.05) is 24.3 Å². The van der Waals surface area contributed by atoms with Crippen molar-refractivity contribution in [1.29, 1.82) is 0 Å². The van der Waals surface area contributed by atoms with Gasteiger partial charge in [0.1, 0.15) is 6.04 Å². The maximum absolute atomic E-state index is 13.0. The van der Waals surface area contributed by atoms with Crippen molar-refractivity contribution in [1.82, 2.24) is 4.31 Å². The third kappa shape index (κ3) is 4.76. The molecule has 2 aliphatic rings. The third-order valence-electron chi connectivity index (χ3n) is 5.78. The van der Waals surface area contributed by atoms with Crippen LogP contribution in [0.2, 0.25) is 0 Å². The predicted molar refractivity (Wildman–Crippen MR) is 121 cm³/mol. The molecule has 1 amide bonds. The van der Waals surface area contributed by atoms with Crippen molar-refractivity contribution >= 4 is 27.3 Å². The van der Waals surface area contributed by atoms with Crippen LogP contribution in [-0.2, 0) is 19.6 Å². The summed E-state index contributed by atoms with van der Waals surface area (Å²) in [5.74, 6) is -0.293. The molecule has 0 bridgehead atoms. The number of hydrogen-bond acceptors (Lipinski definition) is 5. The van der Waals surface area contributed by atoms with Crippen LogP contribution in [0.3, 0.4) is 0 Å². The number of carbonyl (C=O) groups excluding carboxylic acids is 1. The first-order valence-corrected chi connectivity index (χ1v) is 12.2. The molecule has 4 rings (SSSR count). The van der Waals surface area contributed by atoms with Gasteiger partial charge in [-0.25, -0.2) is 8.42 Å². The standard InChI is InChI=1S/C23H29N3O4S/c1-17-15-25(16-18(2)30-17)20-12-10-19(11-13-20)24-23(27)22-9-6-14-26(22)31(28,29)21-7-4-3-5-8-21/h3-5,7-8,10-13,17-18,22H,6,9,14-16H2,1-2H3,(H,24,27). The molecule has 7 nitrogen and oxygen atoms in total. The zero-order valence-corrected chi connectivity index (χ0v) is 18.7. The van der Waals surface area contributed by atoms with Crippen molar-refractivity contribution < 1.29 is 17.9 Å². The zero-order chi connectivity index (χ0) is 22.0. The van der Waals surface area contributed by atoms with Crippen LogP contribution in [0, 0.1) is 0 Å². The van der Waals surface area contributed by atoms with Gasteiger partial charge < -0.3 is 15.0 Å². The van der Waals surface area contributed by atoms with Gasteiger partial charge in [0.15, 0.2) is 0 Å². The normalized spacial score (nSPS) is 24.8. The zero-order valence-electron chi connectivity index (χ0n) is 17.9. The highest BCUT2D eigenvalue weighted by Gasteiger charge is 2.39. The largest absolute Gasteiger partial charge is 0.372 e. The number of hydrogen-bond donors (Lipinski definition) is 1. The predicted octanol–water partition coefficient (Wildman–Crippen LogP) is 3.09. The Hall–Kier alpha value is -2.42. The van der Waals surface area contributed by atoms with Crippen molar-refractivity contribution in [3.05, 3.63) is 54.6 Å². The second-order valence-electron chi connectivity index (χ2n) is 8.29. The Morgan fingerprint density at radius 2 is 1.65 bits per heavy atom. The van der Waals surface area contributed by atoms with E-state index in [0.717, 1.165) is 18.8 Å². The summed E-state index contributed by atoms with van der Waals surface area (Å²) in [5.41, 5.74) is 1.74. The molecule has 1 N–H and O–H groups in total. The lowest BCUT2D eigenvalue weighted by Crippen LogP contribution is -2.45. The van der Waals surface area contributed by atoms with E-state index in [9.17, 15) is 13.2 Å². The van der Waals surface area contributed by atoms with Crippen LogP contribution < -0.4 is 10.2 Å². The summed E-state index contributed by atoms with van der Waals surface area (Å²) in [7, 11) is -3.70. The summed E-state index contributed by atoms with van der Waals surface area (Å²) in [5, 5.41) is 2.90. The number of amides is 1. The van der Waals surface area contributed by atoms with Crippen molar-refractivity contribution in [2.75, 3.05) is 29.9 Å². The number of ether oxygens (including phenoxy) is 1. The molecular formula is C23H29N3O4S. The number of anilines is 2. The molecule has 3 atom stereocenters. The van der Waals surface area contributed by atoms with E-state index in [2.05, 4.69) is 24.1 Å². The van der Waals surface area contributed by atoms with Crippen LogP contribution in [0.25, 0.3) is 0 Å². The monoisotopic (exact) mass is 443 g/mol.